The SMILES string of the molecule is Cc1cc(Br)c(NC(=O)N2C[C@H](O)C[C@@H]2C(=O)O)cc1Cl. The summed E-state index contributed by atoms with van der Waals surface area (Å²) < 4.78 is 0.643. The molecule has 0 aromatic heterocycles. The van der Waals surface area contributed by atoms with Crippen molar-refractivity contribution in [2.75, 3.05) is 11.9 Å². The number of hydrogen-bond acceptors (Lipinski definition) is 3. The van der Waals surface area contributed by atoms with Gasteiger partial charge in [0.05, 0.1) is 11.8 Å². The molecule has 21 heavy (non-hydrogen) atoms. The fraction of sp³-hybridized carbons (Fsp3) is 0.385. The number of aliphatic hydroxyl groups is 1. The van der Waals surface area contributed by atoms with Gasteiger partial charge in [0, 0.05) is 22.5 Å². The average Bonchev–Trinajstić information content (AvgIpc) is 2.78. The number of hydrogen-bond donors (Lipinski definition) is 3. The van der Waals surface area contributed by atoms with Gasteiger partial charge in [-0.1, -0.05) is 11.6 Å². The van der Waals surface area contributed by atoms with Crippen LogP contribution in [-0.4, -0.2) is 45.8 Å². The van der Waals surface area contributed by atoms with Crippen LogP contribution in [0.2, 0.25) is 5.02 Å². The van der Waals surface area contributed by atoms with Crippen molar-refractivity contribution in [3.8, 4) is 0 Å². The fourth-order valence-corrected chi connectivity index (χ4v) is 2.92. The molecule has 2 amide bonds. The van der Waals surface area contributed by atoms with Crippen molar-refractivity contribution in [1.29, 1.82) is 0 Å². The van der Waals surface area contributed by atoms with Crippen molar-refractivity contribution in [3.05, 3.63) is 27.2 Å². The Morgan fingerprint density at radius 1 is 1.48 bits per heavy atom. The third kappa shape index (κ3) is 3.48. The Labute approximate surface area is 134 Å². The minimum atomic E-state index is -1.14. The Balaban J connectivity index is 2.18. The number of likely N-dealkylation sites (tertiary alicyclic amines) is 1. The van der Waals surface area contributed by atoms with E-state index in [-0.39, 0.29) is 13.0 Å². The van der Waals surface area contributed by atoms with Gasteiger partial charge in [-0.15, -0.1) is 0 Å². The van der Waals surface area contributed by atoms with Crippen molar-refractivity contribution < 1.29 is 19.8 Å². The summed E-state index contributed by atoms with van der Waals surface area (Å²) in [5.74, 6) is -1.14. The van der Waals surface area contributed by atoms with Crippen molar-refractivity contribution in [3.63, 3.8) is 0 Å². The van der Waals surface area contributed by atoms with E-state index in [4.69, 9.17) is 16.7 Å². The molecule has 0 saturated carbocycles. The van der Waals surface area contributed by atoms with Crippen molar-refractivity contribution >= 4 is 45.2 Å². The standard InChI is InChI=1S/C13H14BrClN2O4/c1-6-2-8(14)10(4-9(6)15)16-13(21)17-5-7(18)3-11(17)12(19)20/h2,4,7,11,18H,3,5H2,1H3,(H,16,21)(H,19,20)/t7-,11-/m1/s1. The minimum Gasteiger partial charge on any atom is -0.480 e. The Morgan fingerprint density at radius 2 is 2.14 bits per heavy atom. The number of aliphatic hydroxyl groups excluding tert-OH is 1. The van der Waals surface area contributed by atoms with Crippen LogP contribution < -0.4 is 5.32 Å². The van der Waals surface area contributed by atoms with E-state index in [9.17, 15) is 14.7 Å². The number of carboxylic acid groups (broad SMARTS) is 1. The normalized spacial score (nSPS) is 21.4. The maximum atomic E-state index is 12.2. The molecule has 1 aromatic carbocycles. The molecule has 0 unspecified atom stereocenters. The quantitative estimate of drug-likeness (QED) is 0.738. The summed E-state index contributed by atoms with van der Waals surface area (Å²) in [5, 5.41) is 21.7. The van der Waals surface area contributed by atoms with Crippen LogP contribution in [0.3, 0.4) is 0 Å². The first-order chi connectivity index (χ1) is 9.79. The molecule has 1 aliphatic rings. The van der Waals surface area contributed by atoms with Gasteiger partial charge >= 0.3 is 12.0 Å². The first kappa shape index (κ1) is 16.1. The monoisotopic (exact) mass is 376 g/mol. The first-order valence-electron chi connectivity index (χ1n) is 6.23. The summed E-state index contributed by atoms with van der Waals surface area (Å²) in [4.78, 5) is 24.4. The summed E-state index contributed by atoms with van der Waals surface area (Å²) >= 11 is 9.33. The number of anilines is 1. The number of nitrogens with one attached hydrogen (secondary N) is 1. The maximum Gasteiger partial charge on any atom is 0.326 e. The lowest BCUT2D eigenvalue weighted by molar-refractivity contribution is -0.141. The van der Waals surface area contributed by atoms with E-state index in [0.717, 1.165) is 10.5 Å². The van der Waals surface area contributed by atoms with Crippen LogP contribution in [0, 0.1) is 6.92 Å². The number of carbonyl (C=O) groups excluding carboxylic acids is 1. The lowest BCUT2D eigenvalue weighted by Crippen LogP contribution is -2.43. The maximum absolute atomic E-state index is 12.2. The van der Waals surface area contributed by atoms with Crippen LogP contribution in [0.1, 0.15) is 12.0 Å². The summed E-state index contributed by atoms with van der Waals surface area (Å²) in [6, 6.07) is 1.73. The van der Waals surface area contributed by atoms with Gasteiger partial charge in [0.2, 0.25) is 0 Å². The van der Waals surface area contributed by atoms with Crippen LogP contribution >= 0.6 is 27.5 Å². The van der Waals surface area contributed by atoms with Crippen LogP contribution in [0.15, 0.2) is 16.6 Å². The molecule has 1 aliphatic heterocycles. The molecular formula is C13H14BrClN2O4. The van der Waals surface area contributed by atoms with E-state index >= 15 is 0 Å². The topological polar surface area (TPSA) is 89.9 Å². The predicted molar refractivity (Wildman–Crippen MR) is 81.7 cm³/mol. The van der Waals surface area contributed by atoms with E-state index in [1.807, 2.05) is 6.92 Å². The van der Waals surface area contributed by atoms with Crippen molar-refractivity contribution in [2.45, 2.75) is 25.5 Å². The highest BCUT2D eigenvalue weighted by Crippen LogP contribution is 2.30. The third-order valence-corrected chi connectivity index (χ3v) is 4.38. The van der Waals surface area contributed by atoms with Crippen LogP contribution in [-0.2, 0) is 4.79 Å². The smallest absolute Gasteiger partial charge is 0.326 e. The highest BCUT2D eigenvalue weighted by Gasteiger charge is 2.39. The molecule has 2 rings (SSSR count). The zero-order chi connectivity index (χ0) is 15.7. The Morgan fingerprint density at radius 3 is 2.76 bits per heavy atom. The van der Waals surface area contributed by atoms with Gasteiger partial charge < -0.3 is 20.4 Å². The average molecular weight is 378 g/mol. The third-order valence-electron chi connectivity index (χ3n) is 3.31. The first-order valence-corrected chi connectivity index (χ1v) is 7.41. The number of urea groups is 1. The molecule has 0 aliphatic carbocycles. The fourth-order valence-electron chi connectivity index (χ4n) is 2.20. The predicted octanol–water partition coefficient (Wildman–Crippen LogP) is 2.46. The second-order valence-corrected chi connectivity index (χ2v) is 6.17. The molecule has 3 N–H and O–H groups in total. The Hall–Kier alpha value is -1.31. The number of nitrogens with zero attached hydrogens (tertiary/aromatic N) is 1. The minimum absolute atomic E-state index is 0.0139. The largest absolute Gasteiger partial charge is 0.480 e. The van der Waals surface area contributed by atoms with E-state index in [0.29, 0.717) is 15.2 Å². The van der Waals surface area contributed by atoms with E-state index in [1.54, 1.807) is 12.1 Å². The molecule has 0 spiro atoms. The number of β-amino-alcohol motifs (C(OH)–C–C–N with tert-alkyl or cyclic N) is 1. The molecule has 6 nitrogen and oxygen atoms in total. The van der Waals surface area contributed by atoms with Gasteiger partial charge in [-0.05, 0) is 40.5 Å². The molecule has 114 valence electrons. The highest BCUT2D eigenvalue weighted by atomic mass is 79.9. The molecule has 1 aromatic rings. The van der Waals surface area contributed by atoms with Gasteiger partial charge in [0.1, 0.15) is 6.04 Å². The molecule has 1 heterocycles. The molecule has 1 saturated heterocycles. The number of halogens is 2. The summed E-state index contributed by atoms with van der Waals surface area (Å²) in [7, 11) is 0. The molecule has 2 atom stereocenters. The number of carboxylic acids is 1. The molecule has 8 heteroatoms. The van der Waals surface area contributed by atoms with E-state index < -0.39 is 24.1 Å². The number of amides is 2. The van der Waals surface area contributed by atoms with E-state index in [1.165, 1.54) is 0 Å². The van der Waals surface area contributed by atoms with Crippen LogP contribution in [0.25, 0.3) is 0 Å². The second kappa shape index (κ2) is 6.21. The number of rotatable bonds is 2. The number of aliphatic carboxylic acids is 1. The zero-order valence-corrected chi connectivity index (χ0v) is 13.5. The van der Waals surface area contributed by atoms with Crippen molar-refractivity contribution in [1.82, 2.24) is 4.90 Å². The Bertz CT molecular complexity index is 596. The summed E-state index contributed by atoms with van der Waals surface area (Å²) in [6.45, 7) is 1.82. The molecular weight excluding hydrogens is 364 g/mol. The van der Waals surface area contributed by atoms with Gasteiger partial charge in [-0.2, -0.15) is 0 Å². The van der Waals surface area contributed by atoms with Gasteiger partial charge in [-0.25, -0.2) is 9.59 Å². The van der Waals surface area contributed by atoms with Gasteiger partial charge in [0.15, 0.2) is 0 Å². The molecule has 1 fully saturated rings. The summed E-state index contributed by atoms with van der Waals surface area (Å²) in [6.07, 6.45) is -0.805. The highest BCUT2D eigenvalue weighted by molar-refractivity contribution is 9.10. The molecule has 0 radical (unpaired) electrons. The van der Waals surface area contributed by atoms with Gasteiger partial charge in [-0.3, -0.25) is 0 Å². The zero-order valence-electron chi connectivity index (χ0n) is 11.1. The second-order valence-electron chi connectivity index (χ2n) is 4.91. The van der Waals surface area contributed by atoms with E-state index in [2.05, 4.69) is 21.2 Å². The number of carbonyl (C=O) groups is 2. The number of benzene rings is 1. The summed E-state index contributed by atoms with van der Waals surface area (Å²) in [5.41, 5.74) is 1.29. The van der Waals surface area contributed by atoms with Crippen LogP contribution in [0.4, 0.5) is 10.5 Å². The molecule has 0 bridgehead atoms. The van der Waals surface area contributed by atoms with Gasteiger partial charge in [0.25, 0.3) is 0 Å². The number of aryl methyl sites for hydroxylation is 1. The van der Waals surface area contributed by atoms with Crippen LogP contribution in [0.5, 0.6) is 0 Å². The lowest BCUT2D eigenvalue weighted by atomic mass is 10.2. The lowest BCUT2D eigenvalue weighted by Gasteiger charge is -2.22. The Kier molecular flexibility index (Phi) is 4.75. The van der Waals surface area contributed by atoms with Crippen molar-refractivity contribution in [2.24, 2.45) is 0 Å².